The summed E-state index contributed by atoms with van der Waals surface area (Å²) in [6.45, 7) is 1.29. The Labute approximate surface area is 187 Å². The molecule has 0 bridgehead atoms. The lowest BCUT2D eigenvalue weighted by molar-refractivity contribution is -0.131. The Morgan fingerprint density at radius 1 is 1.24 bits per heavy atom. The normalized spacial score (nSPS) is 21.4. The molecule has 10 nitrogen and oxygen atoms in total. The second kappa shape index (κ2) is 7.59. The van der Waals surface area contributed by atoms with Crippen LogP contribution in [0.15, 0.2) is 37.1 Å². The van der Waals surface area contributed by atoms with Crippen molar-refractivity contribution in [2.75, 3.05) is 38.7 Å². The summed E-state index contributed by atoms with van der Waals surface area (Å²) in [7, 11) is 1.49. The molecule has 4 aromatic rings. The van der Waals surface area contributed by atoms with E-state index in [-0.39, 0.29) is 30.8 Å². The molecular weight excluding hydrogens is 434 g/mol. The molecule has 0 saturated carbocycles. The molecule has 33 heavy (non-hydrogen) atoms. The zero-order valence-corrected chi connectivity index (χ0v) is 17.9. The SMILES string of the molecule is COc1nc(N[C@@H]2CCN(C3COC3)CC2(F)F)nn2ccc(-c3cnc4nccn4c3)c12. The number of halogens is 2. The number of hydrogen-bond acceptors (Lipinski definition) is 8. The van der Waals surface area contributed by atoms with Crippen LogP contribution in [0.4, 0.5) is 14.7 Å². The van der Waals surface area contributed by atoms with E-state index in [0.717, 1.165) is 11.1 Å². The summed E-state index contributed by atoms with van der Waals surface area (Å²) in [5.74, 6) is -1.96. The average Bonchev–Trinajstić information content (AvgIpc) is 3.39. The number of aromatic nitrogens is 6. The Bertz CT molecular complexity index is 1320. The van der Waals surface area contributed by atoms with E-state index < -0.39 is 12.0 Å². The molecule has 0 radical (unpaired) electrons. The van der Waals surface area contributed by atoms with Gasteiger partial charge >= 0.3 is 0 Å². The number of fused-ring (bicyclic) bond motifs is 2. The molecule has 4 aromatic heterocycles. The fourth-order valence-corrected chi connectivity index (χ4v) is 4.43. The van der Waals surface area contributed by atoms with Gasteiger partial charge in [0.2, 0.25) is 17.6 Å². The third-order valence-electron chi connectivity index (χ3n) is 6.30. The van der Waals surface area contributed by atoms with Gasteiger partial charge in [-0.15, -0.1) is 5.10 Å². The van der Waals surface area contributed by atoms with Gasteiger partial charge in [0.15, 0.2) is 0 Å². The van der Waals surface area contributed by atoms with Gasteiger partial charge in [0.05, 0.1) is 39.0 Å². The van der Waals surface area contributed by atoms with Crippen LogP contribution < -0.4 is 10.1 Å². The Kier molecular flexibility index (Phi) is 4.66. The van der Waals surface area contributed by atoms with Gasteiger partial charge in [-0.05, 0) is 12.5 Å². The van der Waals surface area contributed by atoms with Crippen LogP contribution in [0, 0.1) is 0 Å². The van der Waals surface area contributed by atoms with Crippen LogP contribution in [0.25, 0.3) is 22.4 Å². The molecule has 1 atom stereocenters. The number of ether oxygens (including phenoxy) is 2. The minimum atomic E-state index is -2.92. The second-order valence-corrected chi connectivity index (χ2v) is 8.35. The van der Waals surface area contributed by atoms with Crippen molar-refractivity contribution in [2.24, 2.45) is 0 Å². The van der Waals surface area contributed by atoms with Gasteiger partial charge in [-0.25, -0.2) is 23.3 Å². The standard InChI is InChI=1S/C21H22F2N8O2/c1-32-18-17-15(13-8-25-20-24-4-7-29(20)9-13)2-6-31(17)28-19(27-18)26-16-3-5-30(12-21(16,22)23)14-10-33-11-14/h2,4,6-9,14,16H,3,5,10-12H2,1H3,(H,26,28)/t16-/m1/s1. The maximum atomic E-state index is 14.9. The van der Waals surface area contributed by atoms with Crippen molar-refractivity contribution in [1.82, 2.24) is 33.9 Å². The molecule has 0 amide bonds. The first-order valence-electron chi connectivity index (χ1n) is 10.7. The Balaban J connectivity index is 1.30. The van der Waals surface area contributed by atoms with Crippen molar-refractivity contribution in [2.45, 2.75) is 24.4 Å². The van der Waals surface area contributed by atoms with Crippen molar-refractivity contribution >= 4 is 17.2 Å². The molecule has 0 aliphatic carbocycles. The van der Waals surface area contributed by atoms with Gasteiger partial charge in [0.25, 0.3) is 5.92 Å². The molecule has 6 heterocycles. The first-order valence-corrected chi connectivity index (χ1v) is 10.7. The molecule has 0 spiro atoms. The van der Waals surface area contributed by atoms with Crippen LogP contribution >= 0.6 is 0 Å². The summed E-state index contributed by atoms with van der Waals surface area (Å²) < 4.78 is 43.8. The van der Waals surface area contributed by atoms with E-state index in [1.165, 1.54) is 7.11 Å². The van der Waals surface area contributed by atoms with Crippen molar-refractivity contribution in [1.29, 1.82) is 0 Å². The predicted molar refractivity (Wildman–Crippen MR) is 115 cm³/mol. The Hall–Kier alpha value is -3.38. The van der Waals surface area contributed by atoms with Gasteiger partial charge in [-0.3, -0.25) is 9.30 Å². The third-order valence-corrected chi connectivity index (χ3v) is 6.30. The molecule has 2 fully saturated rings. The molecule has 12 heteroatoms. The fraction of sp³-hybridized carbons (Fsp3) is 0.429. The fourth-order valence-electron chi connectivity index (χ4n) is 4.43. The molecule has 2 aliphatic rings. The van der Waals surface area contributed by atoms with Crippen LogP contribution in [-0.2, 0) is 4.74 Å². The van der Waals surface area contributed by atoms with Gasteiger partial charge in [0, 0.05) is 48.7 Å². The minimum Gasteiger partial charge on any atom is -0.479 e. The van der Waals surface area contributed by atoms with E-state index in [0.29, 0.717) is 31.1 Å². The number of nitrogens with zero attached hydrogens (tertiary/aromatic N) is 7. The smallest absolute Gasteiger partial charge is 0.280 e. The largest absolute Gasteiger partial charge is 0.479 e. The zero-order valence-electron chi connectivity index (χ0n) is 17.9. The molecule has 0 aromatic carbocycles. The molecule has 2 aliphatic heterocycles. The average molecular weight is 456 g/mol. The highest BCUT2D eigenvalue weighted by Gasteiger charge is 2.47. The lowest BCUT2D eigenvalue weighted by Gasteiger charge is -2.44. The number of imidazole rings is 1. The van der Waals surface area contributed by atoms with Gasteiger partial charge in [0.1, 0.15) is 5.52 Å². The monoisotopic (exact) mass is 456 g/mol. The van der Waals surface area contributed by atoms with Crippen LogP contribution in [0.3, 0.4) is 0 Å². The summed E-state index contributed by atoms with van der Waals surface area (Å²) >= 11 is 0. The molecule has 1 N–H and O–H groups in total. The van der Waals surface area contributed by atoms with Crippen molar-refractivity contribution < 1.29 is 18.3 Å². The molecule has 172 valence electrons. The summed E-state index contributed by atoms with van der Waals surface area (Å²) in [6, 6.07) is 0.878. The lowest BCUT2D eigenvalue weighted by Crippen LogP contribution is -2.61. The molecule has 2 saturated heterocycles. The number of anilines is 1. The van der Waals surface area contributed by atoms with E-state index in [4.69, 9.17) is 9.47 Å². The molecule has 0 unspecified atom stereocenters. The van der Waals surface area contributed by atoms with Crippen LogP contribution in [0.1, 0.15) is 6.42 Å². The van der Waals surface area contributed by atoms with E-state index in [9.17, 15) is 8.78 Å². The quantitative estimate of drug-likeness (QED) is 0.487. The van der Waals surface area contributed by atoms with Crippen molar-refractivity contribution in [3.8, 4) is 17.0 Å². The Morgan fingerprint density at radius 2 is 2.12 bits per heavy atom. The second-order valence-electron chi connectivity index (χ2n) is 8.35. The number of nitrogens with one attached hydrogen (secondary N) is 1. The number of likely N-dealkylation sites (tertiary alicyclic amines) is 1. The van der Waals surface area contributed by atoms with Crippen LogP contribution in [0.2, 0.25) is 0 Å². The molecular formula is C21H22F2N8O2. The van der Waals surface area contributed by atoms with Crippen molar-refractivity contribution in [3.63, 3.8) is 0 Å². The summed E-state index contributed by atoms with van der Waals surface area (Å²) in [5, 5.41) is 7.28. The summed E-state index contributed by atoms with van der Waals surface area (Å²) in [6.07, 6.45) is 9.12. The maximum Gasteiger partial charge on any atom is 0.280 e. The maximum absolute atomic E-state index is 14.9. The highest BCUT2D eigenvalue weighted by molar-refractivity contribution is 5.84. The lowest BCUT2D eigenvalue weighted by atomic mass is 9.98. The first-order chi connectivity index (χ1) is 16.0. The number of hydrogen-bond donors (Lipinski definition) is 1. The predicted octanol–water partition coefficient (Wildman–Crippen LogP) is 1.97. The van der Waals surface area contributed by atoms with Crippen LogP contribution in [-0.4, -0.2) is 85.3 Å². The van der Waals surface area contributed by atoms with Gasteiger partial charge < -0.3 is 14.8 Å². The van der Waals surface area contributed by atoms with Crippen molar-refractivity contribution in [3.05, 3.63) is 37.1 Å². The number of piperidine rings is 1. The Morgan fingerprint density at radius 3 is 2.88 bits per heavy atom. The van der Waals surface area contributed by atoms with E-state index in [1.807, 2.05) is 22.9 Å². The third kappa shape index (κ3) is 3.45. The highest BCUT2D eigenvalue weighted by Crippen LogP contribution is 2.34. The zero-order chi connectivity index (χ0) is 22.6. The van der Waals surface area contributed by atoms with E-state index >= 15 is 0 Å². The number of methoxy groups -OCH3 is 1. The van der Waals surface area contributed by atoms with E-state index in [2.05, 4.69) is 25.4 Å². The van der Waals surface area contributed by atoms with E-state index in [1.54, 1.807) is 28.0 Å². The topological polar surface area (TPSA) is 94.1 Å². The number of rotatable bonds is 5. The van der Waals surface area contributed by atoms with Gasteiger partial charge in [-0.1, -0.05) is 0 Å². The van der Waals surface area contributed by atoms with Gasteiger partial charge in [-0.2, -0.15) is 4.98 Å². The minimum absolute atomic E-state index is 0.0823. The summed E-state index contributed by atoms with van der Waals surface area (Å²) in [4.78, 5) is 14.7. The highest BCUT2D eigenvalue weighted by atomic mass is 19.3. The van der Waals surface area contributed by atoms with Crippen LogP contribution in [0.5, 0.6) is 5.88 Å². The first kappa shape index (κ1) is 20.2. The molecule has 6 rings (SSSR count). The number of alkyl halides is 2. The summed E-state index contributed by atoms with van der Waals surface area (Å²) in [5.41, 5.74) is 2.25.